The molecule has 0 aromatic rings. The number of aliphatic hydroxyl groups is 1. The molecule has 1 fully saturated rings. The summed E-state index contributed by atoms with van der Waals surface area (Å²) < 4.78 is 4.91. The lowest BCUT2D eigenvalue weighted by molar-refractivity contribution is -0.145. The predicted octanol–water partition coefficient (Wildman–Crippen LogP) is 0.834. The lowest BCUT2D eigenvalue weighted by Gasteiger charge is -2.37. The van der Waals surface area contributed by atoms with Crippen LogP contribution < -0.4 is 5.32 Å². The molecule has 0 amide bonds. The fraction of sp³-hybridized carbons (Fsp3) is 0.769. The zero-order valence-electron chi connectivity index (χ0n) is 10.5. The molecule has 1 rings (SSSR count). The number of hydrogen-bond donors (Lipinski definition) is 2. The van der Waals surface area contributed by atoms with Gasteiger partial charge in [-0.3, -0.25) is 10.1 Å². The van der Waals surface area contributed by atoms with Crippen LogP contribution in [-0.2, 0) is 9.53 Å². The predicted molar refractivity (Wildman–Crippen MR) is 65.3 cm³/mol. The highest BCUT2D eigenvalue weighted by Crippen LogP contribution is 2.28. The molecular formula is C13H21NO3. The Morgan fingerprint density at radius 1 is 1.71 bits per heavy atom. The van der Waals surface area contributed by atoms with Gasteiger partial charge < -0.3 is 9.84 Å². The molecule has 4 heteroatoms. The normalized spacial score (nSPS) is 30.4. The maximum absolute atomic E-state index is 11.5. The summed E-state index contributed by atoms with van der Waals surface area (Å²) in [7, 11) is 0. The Hall–Kier alpha value is -1.05. The van der Waals surface area contributed by atoms with Crippen molar-refractivity contribution < 1.29 is 14.6 Å². The molecule has 0 aromatic heterocycles. The van der Waals surface area contributed by atoms with Gasteiger partial charge in [0.2, 0.25) is 0 Å². The van der Waals surface area contributed by atoms with E-state index in [1.165, 1.54) is 0 Å². The van der Waals surface area contributed by atoms with Gasteiger partial charge in [0.1, 0.15) is 11.6 Å². The summed E-state index contributed by atoms with van der Waals surface area (Å²) in [6.45, 7) is 3.85. The molecular weight excluding hydrogens is 218 g/mol. The Labute approximate surface area is 103 Å². The molecule has 0 aliphatic heterocycles. The second-order valence-corrected chi connectivity index (χ2v) is 4.51. The van der Waals surface area contributed by atoms with E-state index in [0.717, 1.165) is 19.3 Å². The number of esters is 1. The molecule has 0 radical (unpaired) electrons. The third-order valence-electron chi connectivity index (χ3n) is 3.22. The van der Waals surface area contributed by atoms with Crippen molar-refractivity contribution in [3.8, 4) is 12.3 Å². The van der Waals surface area contributed by atoms with Crippen molar-refractivity contribution in [1.29, 1.82) is 0 Å². The minimum absolute atomic E-state index is 0.236. The van der Waals surface area contributed by atoms with Crippen LogP contribution in [0.5, 0.6) is 0 Å². The summed E-state index contributed by atoms with van der Waals surface area (Å²) in [5, 5.41) is 13.3. The van der Waals surface area contributed by atoms with Gasteiger partial charge in [-0.2, -0.15) is 0 Å². The van der Waals surface area contributed by atoms with Gasteiger partial charge in [-0.15, -0.1) is 6.42 Å². The monoisotopic (exact) mass is 239 g/mol. The molecule has 0 bridgehead atoms. The van der Waals surface area contributed by atoms with Crippen LogP contribution in [0.25, 0.3) is 0 Å². The van der Waals surface area contributed by atoms with Crippen molar-refractivity contribution in [3.05, 3.63) is 0 Å². The number of ether oxygens (including phenoxy) is 1. The first-order valence-corrected chi connectivity index (χ1v) is 6.16. The number of terminal acetylenes is 1. The number of carbonyl (C=O) groups is 1. The smallest absolute Gasteiger partial charge is 0.322 e. The third kappa shape index (κ3) is 3.45. The SMILES string of the molecule is C#C[C@]1(O)CCCC[C@@H]1N[C@H](C)C(=O)OCC. The van der Waals surface area contributed by atoms with Crippen LogP contribution in [0.4, 0.5) is 0 Å². The fourth-order valence-corrected chi connectivity index (χ4v) is 2.19. The molecule has 0 aromatic carbocycles. The van der Waals surface area contributed by atoms with Crippen molar-refractivity contribution in [3.63, 3.8) is 0 Å². The Kier molecular flexibility index (Phi) is 4.98. The molecule has 1 aliphatic carbocycles. The van der Waals surface area contributed by atoms with E-state index in [0.29, 0.717) is 13.0 Å². The third-order valence-corrected chi connectivity index (χ3v) is 3.22. The van der Waals surface area contributed by atoms with E-state index in [2.05, 4.69) is 11.2 Å². The lowest BCUT2D eigenvalue weighted by atomic mass is 9.80. The highest BCUT2D eigenvalue weighted by molar-refractivity contribution is 5.75. The molecule has 1 aliphatic rings. The van der Waals surface area contributed by atoms with Crippen molar-refractivity contribution in [2.75, 3.05) is 6.61 Å². The van der Waals surface area contributed by atoms with E-state index in [-0.39, 0.29) is 12.0 Å². The first-order valence-electron chi connectivity index (χ1n) is 6.16. The molecule has 0 saturated heterocycles. The Morgan fingerprint density at radius 2 is 2.41 bits per heavy atom. The van der Waals surface area contributed by atoms with Crippen LogP contribution in [0.1, 0.15) is 39.5 Å². The summed E-state index contributed by atoms with van der Waals surface area (Å²) in [6.07, 6.45) is 8.68. The van der Waals surface area contributed by atoms with Gasteiger partial charge in [-0.1, -0.05) is 12.3 Å². The van der Waals surface area contributed by atoms with E-state index in [1.54, 1.807) is 13.8 Å². The van der Waals surface area contributed by atoms with Crippen LogP contribution >= 0.6 is 0 Å². The van der Waals surface area contributed by atoms with E-state index in [4.69, 9.17) is 11.2 Å². The van der Waals surface area contributed by atoms with E-state index in [1.807, 2.05) is 0 Å². The van der Waals surface area contributed by atoms with Gasteiger partial charge in [0.05, 0.1) is 6.61 Å². The average Bonchev–Trinajstić information content (AvgIpc) is 2.32. The second kappa shape index (κ2) is 6.04. The van der Waals surface area contributed by atoms with Gasteiger partial charge in [-0.05, 0) is 33.1 Å². The van der Waals surface area contributed by atoms with E-state index < -0.39 is 11.6 Å². The maximum Gasteiger partial charge on any atom is 0.322 e. The topological polar surface area (TPSA) is 58.6 Å². The van der Waals surface area contributed by atoms with Crippen molar-refractivity contribution in [1.82, 2.24) is 5.32 Å². The molecule has 3 atom stereocenters. The van der Waals surface area contributed by atoms with Gasteiger partial charge in [-0.25, -0.2) is 0 Å². The highest BCUT2D eigenvalue weighted by atomic mass is 16.5. The van der Waals surface area contributed by atoms with Gasteiger partial charge >= 0.3 is 5.97 Å². The van der Waals surface area contributed by atoms with Crippen LogP contribution in [0.3, 0.4) is 0 Å². The second-order valence-electron chi connectivity index (χ2n) is 4.51. The van der Waals surface area contributed by atoms with E-state index in [9.17, 15) is 9.90 Å². The molecule has 17 heavy (non-hydrogen) atoms. The quantitative estimate of drug-likeness (QED) is 0.563. The Bertz CT molecular complexity index is 310. The zero-order valence-corrected chi connectivity index (χ0v) is 10.5. The summed E-state index contributed by atoms with van der Waals surface area (Å²) in [5.74, 6) is 2.14. The van der Waals surface area contributed by atoms with Crippen molar-refractivity contribution >= 4 is 5.97 Å². The number of carbonyl (C=O) groups excluding carboxylic acids is 1. The highest BCUT2D eigenvalue weighted by Gasteiger charge is 2.38. The summed E-state index contributed by atoms with van der Waals surface area (Å²) in [6, 6.07) is -0.682. The van der Waals surface area contributed by atoms with Crippen molar-refractivity contribution in [2.24, 2.45) is 0 Å². The summed E-state index contributed by atoms with van der Waals surface area (Å²) in [5.41, 5.74) is -1.14. The average molecular weight is 239 g/mol. The molecule has 4 nitrogen and oxygen atoms in total. The van der Waals surface area contributed by atoms with Crippen LogP contribution in [0.2, 0.25) is 0 Å². The van der Waals surface area contributed by atoms with Crippen molar-refractivity contribution in [2.45, 2.75) is 57.2 Å². The first kappa shape index (κ1) is 14.0. The standard InChI is InChI=1S/C13H21NO3/c1-4-13(16)9-7-6-8-11(13)14-10(3)12(15)17-5-2/h1,10-11,14,16H,5-9H2,2-3H3/t10-,11+,13+/m1/s1. The number of rotatable bonds is 4. The van der Waals surface area contributed by atoms with Crippen LogP contribution in [0.15, 0.2) is 0 Å². The van der Waals surface area contributed by atoms with Gasteiger partial charge in [0.25, 0.3) is 0 Å². The number of nitrogens with one attached hydrogen (secondary N) is 1. The molecule has 0 heterocycles. The van der Waals surface area contributed by atoms with Gasteiger partial charge in [0.15, 0.2) is 0 Å². The molecule has 2 N–H and O–H groups in total. The first-order chi connectivity index (χ1) is 8.03. The summed E-state index contributed by atoms with van der Waals surface area (Å²) in [4.78, 5) is 11.5. The largest absolute Gasteiger partial charge is 0.465 e. The minimum atomic E-state index is -1.14. The molecule has 1 saturated carbocycles. The Morgan fingerprint density at radius 3 is 3.00 bits per heavy atom. The molecule has 96 valence electrons. The molecule has 0 spiro atoms. The van der Waals surface area contributed by atoms with E-state index >= 15 is 0 Å². The minimum Gasteiger partial charge on any atom is -0.465 e. The molecule has 0 unspecified atom stereocenters. The van der Waals surface area contributed by atoms with Crippen LogP contribution in [0, 0.1) is 12.3 Å². The lowest BCUT2D eigenvalue weighted by Crippen LogP contribution is -2.56. The number of hydrogen-bond acceptors (Lipinski definition) is 4. The van der Waals surface area contributed by atoms with Gasteiger partial charge in [0, 0.05) is 6.04 Å². The Balaban J connectivity index is 2.60. The fourth-order valence-electron chi connectivity index (χ4n) is 2.19. The summed E-state index contributed by atoms with van der Waals surface area (Å²) >= 11 is 0. The van der Waals surface area contributed by atoms with Crippen LogP contribution in [-0.4, -0.2) is 35.4 Å². The maximum atomic E-state index is 11.5. The zero-order chi connectivity index (χ0) is 12.9.